The maximum atomic E-state index is 6.55. The monoisotopic (exact) mass is 765 g/mol. The van der Waals surface area contributed by atoms with E-state index in [9.17, 15) is 0 Å². The highest BCUT2D eigenvalue weighted by Crippen LogP contribution is 2.37. The molecular weight excluding hydrogens is 707 g/mol. The lowest BCUT2D eigenvalue weighted by atomic mass is 9.97. The Bertz CT molecular complexity index is 2270. The quantitative estimate of drug-likeness (QED) is 0.0814. The van der Waals surface area contributed by atoms with Crippen molar-refractivity contribution in [2.45, 2.75) is 60.3 Å². The molecule has 0 aromatic heterocycles. The molecule has 0 aliphatic heterocycles. The first-order valence-electron chi connectivity index (χ1n) is 20.8. The number of benzene rings is 6. The molecule has 0 aliphatic carbocycles. The van der Waals surface area contributed by atoms with Crippen LogP contribution >= 0.6 is 0 Å². The Hall–Kier alpha value is -6.06. The third kappa shape index (κ3) is 12.0. The minimum absolute atomic E-state index is 0.620. The molecule has 1 unspecified atom stereocenters. The highest BCUT2D eigenvalue weighted by molar-refractivity contribution is 5.81. The van der Waals surface area contributed by atoms with Gasteiger partial charge in [0.2, 0.25) is 0 Å². The Labute approximate surface area is 348 Å². The van der Waals surface area contributed by atoms with Gasteiger partial charge in [0.25, 0.3) is 0 Å². The molecule has 1 atom stereocenters. The zero-order valence-corrected chi connectivity index (χ0v) is 35.2. The molecule has 296 valence electrons. The molecule has 0 heterocycles. The van der Waals surface area contributed by atoms with Gasteiger partial charge >= 0.3 is 0 Å². The molecule has 6 aromatic carbocycles. The molecule has 58 heavy (non-hydrogen) atoms. The SMILES string of the molecule is COc1cc(/C=C/c2ccccc2)c(OCCC(C)CCCC(C)C)cc1/C=C/c1ccc(N(c2ccc(/C=C/c3ccccc3)cc2)c2ccc(C)c(C)c2)cc1. The van der Waals surface area contributed by atoms with Crippen molar-refractivity contribution in [3.05, 3.63) is 184 Å². The molecule has 6 aromatic rings. The summed E-state index contributed by atoms with van der Waals surface area (Å²) in [6, 6.07) is 49.2. The number of rotatable bonds is 18. The predicted octanol–water partition coefficient (Wildman–Crippen LogP) is 15.5. The third-order valence-electron chi connectivity index (χ3n) is 10.7. The van der Waals surface area contributed by atoms with Crippen molar-refractivity contribution in [2.24, 2.45) is 11.8 Å². The number of nitrogens with zero attached hydrogens (tertiary/aromatic N) is 1. The molecule has 0 spiro atoms. The average Bonchev–Trinajstić information content (AvgIpc) is 3.24. The number of hydrogen-bond acceptors (Lipinski definition) is 3. The fraction of sp³-hybridized carbons (Fsp3) is 0.236. The summed E-state index contributed by atoms with van der Waals surface area (Å²) >= 11 is 0. The minimum Gasteiger partial charge on any atom is -0.496 e. The zero-order valence-electron chi connectivity index (χ0n) is 35.2. The Morgan fingerprint density at radius 3 is 1.48 bits per heavy atom. The fourth-order valence-electron chi connectivity index (χ4n) is 7.02. The highest BCUT2D eigenvalue weighted by Gasteiger charge is 2.14. The van der Waals surface area contributed by atoms with Gasteiger partial charge in [0.1, 0.15) is 11.5 Å². The number of anilines is 3. The van der Waals surface area contributed by atoms with Crippen molar-refractivity contribution >= 4 is 53.5 Å². The molecule has 0 bridgehead atoms. The van der Waals surface area contributed by atoms with Crippen LogP contribution < -0.4 is 14.4 Å². The summed E-state index contributed by atoms with van der Waals surface area (Å²) in [5.41, 5.74) is 12.4. The Balaban J connectivity index is 1.24. The molecule has 0 N–H and O–H groups in total. The molecule has 0 saturated carbocycles. The number of methoxy groups -OCH3 is 1. The summed E-state index contributed by atoms with van der Waals surface area (Å²) in [5.74, 6) is 3.04. The van der Waals surface area contributed by atoms with Gasteiger partial charge in [0.15, 0.2) is 0 Å². The summed E-state index contributed by atoms with van der Waals surface area (Å²) < 4.78 is 12.5. The van der Waals surface area contributed by atoms with E-state index in [0.717, 1.165) is 68.7 Å². The van der Waals surface area contributed by atoms with Gasteiger partial charge < -0.3 is 14.4 Å². The summed E-state index contributed by atoms with van der Waals surface area (Å²) in [5, 5.41) is 0. The predicted molar refractivity (Wildman–Crippen MR) is 251 cm³/mol. The largest absolute Gasteiger partial charge is 0.496 e. The normalized spacial score (nSPS) is 12.2. The van der Waals surface area contributed by atoms with Crippen LogP contribution in [0.2, 0.25) is 0 Å². The van der Waals surface area contributed by atoms with Crippen molar-refractivity contribution in [1.82, 2.24) is 0 Å². The lowest BCUT2D eigenvalue weighted by Gasteiger charge is -2.26. The van der Waals surface area contributed by atoms with E-state index in [1.165, 1.54) is 36.0 Å². The Kier molecular flexibility index (Phi) is 15.0. The standard InChI is InChI=1S/C55H59NO2/c1-41(2)14-13-15-42(3)36-37-58-55-40-49(54(57-6)39-50(55)30-23-46-18-11-8-12-19-46)29-24-48-27-34-52(35-28-48)56(53-31-20-43(4)44(5)38-53)51-32-25-47(26-33-51)22-21-45-16-9-7-10-17-45/h7-12,16-35,38-42H,13-15,36-37H2,1-6H3/b22-21+,29-24+,30-23+. The molecule has 3 heteroatoms. The van der Waals surface area contributed by atoms with E-state index in [-0.39, 0.29) is 0 Å². The average molecular weight is 766 g/mol. The molecule has 0 amide bonds. The first kappa shape index (κ1) is 41.6. The topological polar surface area (TPSA) is 21.7 Å². The molecule has 0 aliphatic rings. The van der Waals surface area contributed by atoms with E-state index in [1.54, 1.807) is 7.11 Å². The zero-order chi connectivity index (χ0) is 40.7. The van der Waals surface area contributed by atoms with Gasteiger partial charge in [-0.2, -0.15) is 0 Å². The second kappa shape index (κ2) is 20.9. The first-order valence-corrected chi connectivity index (χ1v) is 20.8. The summed E-state index contributed by atoms with van der Waals surface area (Å²) in [7, 11) is 1.74. The van der Waals surface area contributed by atoms with E-state index in [4.69, 9.17) is 9.47 Å². The molecule has 0 radical (unpaired) electrons. The van der Waals surface area contributed by atoms with Crippen molar-refractivity contribution in [1.29, 1.82) is 0 Å². The number of aryl methyl sites for hydroxylation is 2. The van der Waals surface area contributed by atoms with Crippen LogP contribution in [0.15, 0.2) is 140 Å². The van der Waals surface area contributed by atoms with E-state index in [1.807, 2.05) is 12.1 Å². The van der Waals surface area contributed by atoms with Crippen molar-refractivity contribution in [2.75, 3.05) is 18.6 Å². The molecule has 6 rings (SSSR count). The highest BCUT2D eigenvalue weighted by atomic mass is 16.5. The van der Waals surface area contributed by atoms with Crippen molar-refractivity contribution in [3.8, 4) is 11.5 Å². The van der Waals surface area contributed by atoms with Gasteiger partial charge in [0, 0.05) is 28.2 Å². The second-order valence-corrected chi connectivity index (χ2v) is 15.8. The van der Waals surface area contributed by atoms with Gasteiger partial charge in [-0.05, 0) is 114 Å². The molecule has 0 saturated heterocycles. The van der Waals surface area contributed by atoms with Gasteiger partial charge in [-0.1, -0.05) is 167 Å². The lowest BCUT2D eigenvalue weighted by Crippen LogP contribution is -2.10. The van der Waals surface area contributed by atoms with Gasteiger partial charge in [-0.25, -0.2) is 0 Å². The first-order chi connectivity index (χ1) is 28.2. The van der Waals surface area contributed by atoms with Crippen LogP contribution in [0.25, 0.3) is 36.5 Å². The Morgan fingerprint density at radius 1 is 0.483 bits per heavy atom. The van der Waals surface area contributed by atoms with Crippen LogP contribution in [0.4, 0.5) is 17.1 Å². The summed E-state index contributed by atoms with van der Waals surface area (Å²) in [6.07, 6.45) is 17.7. The molecule has 3 nitrogen and oxygen atoms in total. The molecular formula is C55H59NO2. The maximum Gasteiger partial charge on any atom is 0.127 e. The number of ether oxygens (including phenoxy) is 2. The van der Waals surface area contributed by atoms with Crippen molar-refractivity contribution in [3.63, 3.8) is 0 Å². The van der Waals surface area contributed by atoms with Crippen LogP contribution in [0, 0.1) is 25.7 Å². The van der Waals surface area contributed by atoms with E-state index in [2.05, 4.69) is 203 Å². The Morgan fingerprint density at radius 2 is 0.966 bits per heavy atom. The van der Waals surface area contributed by atoms with Crippen LogP contribution in [0.3, 0.4) is 0 Å². The third-order valence-corrected chi connectivity index (χ3v) is 10.7. The fourth-order valence-corrected chi connectivity index (χ4v) is 7.02. The smallest absolute Gasteiger partial charge is 0.127 e. The van der Waals surface area contributed by atoms with Gasteiger partial charge in [0.05, 0.1) is 13.7 Å². The van der Waals surface area contributed by atoms with E-state index in [0.29, 0.717) is 12.5 Å². The van der Waals surface area contributed by atoms with Crippen molar-refractivity contribution < 1.29 is 9.47 Å². The van der Waals surface area contributed by atoms with Crippen LogP contribution in [0.1, 0.15) is 91.0 Å². The van der Waals surface area contributed by atoms with E-state index < -0.39 is 0 Å². The second-order valence-electron chi connectivity index (χ2n) is 15.8. The number of hydrogen-bond donors (Lipinski definition) is 0. The minimum atomic E-state index is 0.620. The van der Waals surface area contributed by atoms with Crippen LogP contribution in [0.5, 0.6) is 11.5 Å². The lowest BCUT2D eigenvalue weighted by molar-refractivity contribution is 0.275. The van der Waals surface area contributed by atoms with Crippen LogP contribution in [-0.2, 0) is 0 Å². The van der Waals surface area contributed by atoms with Gasteiger partial charge in [-0.15, -0.1) is 0 Å². The summed E-state index contributed by atoms with van der Waals surface area (Å²) in [4.78, 5) is 2.32. The van der Waals surface area contributed by atoms with Crippen LogP contribution in [-0.4, -0.2) is 13.7 Å². The molecule has 0 fully saturated rings. The maximum absolute atomic E-state index is 6.55. The van der Waals surface area contributed by atoms with Gasteiger partial charge in [-0.3, -0.25) is 0 Å². The summed E-state index contributed by atoms with van der Waals surface area (Å²) in [6.45, 7) is 12.0. The van der Waals surface area contributed by atoms with E-state index >= 15 is 0 Å².